The SMILES string of the molecule is O=C(c1cccc(F)c1)N1CCCC1c1nc(C2CC2)no1. The number of hydrogen-bond acceptors (Lipinski definition) is 4. The molecular weight excluding hydrogens is 285 g/mol. The van der Waals surface area contributed by atoms with Crippen LogP contribution in [0, 0.1) is 5.82 Å². The molecule has 1 atom stereocenters. The van der Waals surface area contributed by atoms with Gasteiger partial charge in [0.25, 0.3) is 5.91 Å². The lowest BCUT2D eigenvalue weighted by atomic mass is 10.1. The summed E-state index contributed by atoms with van der Waals surface area (Å²) in [6.07, 6.45) is 3.89. The van der Waals surface area contributed by atoms with Gasteiger partial charge in [0.15, 0.2) is 5.82 Å². The molecule has 5 nitrogen and oxygen atoms in total. The zero-order valence-corrected chi connectivity index (χ0v) is 12.0. The molecule has 2 heterocycles. The average Bonchev–Trinajstić information content (AvgIpc) is 3.07. The van der Waals surface area contributed by atoms with Crippen molar-refractivity contribution in [1.29, 1.82) is 0 Å². The second kappa shape index (κ2) is 5.19. The minimum absolute atomic E-state index is 0.187. The van der Waals surface area contributed by atoms with E-state index in [1.54, 1.807) is 17.0 Å². The Morgan fingerprint density at radius 3 is 2.95 bits per heavy atom. The molecule has 2 aliphatic rings. The number of hydrogen-bond donors (Lipinski definition) is 0. The highest BCUT2D eigenvalue weighted by Crippen LogP contribution is 2.40. The number of aromatic nitrogens is 2. The van der Waals surface area contributed by atoms with Gasteiger partial charge in [-0.2, -0.15) is 4.98 Å². The van der Waals surface area contributed by atoms with E-state index in [1.807, 2.05) is 0 Å². The predicted octanol–water partition coefficient (Wildman–Crippen LogP) is 3.06. The van der Waals surface area contributed by atoms with Crippen LogP contribution in [0.3, 0.4) is 0 Å². The van der Waals surface area contributed by atoms with Crippen molar-refractivity contribution in [3.63, 3.8) is 0 Å². The number of carbonyl (C=O) groups is 1. The van der Waals surface area contributed by atoms with Crippen molar-refractivity contribution in [2.45, 2.75) is 37.6 Å². The van der Waals surface area contributed by atoms with Crippen molar-refractivity contribution in [3.05, 3.63) is 47.4 Å². The van der Waals surface area contributed by atoms with Crippen LogP contribution >= 0.6 is 0 Å². The van der Waals surface area contributed by atoms with E-state index < -0.39 is 5.82 Å². The molecule has 0 N–H and O–H groups in total. The van der Waals surface area contributed by atoms with Crippen molar-refractivity contribution in [1.82, 2.24) is 15.0 Å². The summed E-state index contributed by atoms with van der Waals surface area (Å²) in [4.78, 5) is 18.8. The Morgan fingerprint density at radius 1 is 1.32 bits per heavy atom. The van der Waals surface area contributed by atoms with E-state index in [-0.39, 0.29) is 11.9 Å². The summed E-state index contributed by atoms with van der Waals surface area (Å²) in [6, 6.07) is 5.57. The summed E-state index contributed by atoms with van der Waals surface area (Å²) in [7, 11) is 0. The molecule has 1 amide bonds. The molecular formula is C16H16FN3O2. The molecule has 2 fully saturated rings. The molecule has 1 aliphatic carbocycles. The lowest BCUT2D eigenvalue weighted by molar-refractivity contribution is 0.0709. The molecule has 2 aromatic rings. The lowest BCUT2D eigenvalue weighted by Gasteiger charge is -2.21. The van der Waals surface area contributed by atoms with Gasteiger partial charge in [0.05, 0.1) is 0 Å². The Bertz CT molecular complexity index is 711. The largest absolute Gasteiger partial charge is 0.337 e. The second-order valence-corrected chi connectivity index (χ2v) is 5.93. The third kappa shape index (κ3) is 2.38. The molecule has 1 aromatic carbocycles. The van der Waals surface area contributed by atoms with Gasteiger partial charge in [-0.15, -0.1) is 0 Å². The van der Waals surface area contributed by atoms with Crippen molar-refractivity contribution in [3.8, 4) is 0 Å². The van der Waals surface area contributed by atoms with E-state index >= 15 is 0 Å². The Labute approximate surface area is 127 Å². The van der Waals surface area contributed by atoms with Crippen LogP contribution < -0.4 is 0 Å². The van der Waals surface area contributed by atoms with Crippen LogP contribution in [0.1, 0.15) is 59.7 Å². The first kappa shape index (κ1) is 13.4. The number of rotatable bonds is 3. The normalized spacial score (nSPS) is 21.3. The molecule has 1 unspecified atom stereocenters. The standard InChI is InChI=1S/C16H16FN3O2/c17-12-4-1-3-11(9-12)16(21)20-8-2-5-13(20)15-18-14(19-22-15)10-6-7-10/h1,3-4,9-10,13H,2,5-8H2. The van der Waals surface area contributed by atoms with Gasteiger partial charge in [-0.25, -0.2) is 4.39 Å². The first-order valence-corrected chi connectivity index (χ1v) is 7.62. The molecule has 0 radical (unpaired) electrons. The van der Waals surface area contributed by atoms with Crippen molar-refractivity contribution < 1.29 is 13.7 Å². The minimum Gasteiger partial charge on any atom is -0.337 e. The summed E-state index contributed by atoms with van der Waals surface area (Å²) in [5.41, 5.74) is 0.355. The predicted molar refractivity (Wildman–Crippen MR) is 75.7 cm³/mol. The fraction of sp³-hybridized carbons (Fsp3) is 0.438. The summed E-state index contributed by atoms with van der Waals surface area (Å²) >= 11 is 0. The fourth-order valence-corrected chi connectivity index (χ4v) is 2.94. The van der Waals surface area contributed by atoms with E-state index in [0.717, 1.165) is 31.5 Å². The molecule has 6 heteroatoms. The first-order valence-electron chi connectivity index (χ1n) is 7.62. The number of amides is 1. The molecule has 0 bridgehead atoms. The van der Waals surface area contributed by atoms with Crippen molar-refractivity contribution in [2.75, 3.05) is 6.54 Å². The number of nitrogens with zero attached hydrogens (tertiary/aromatic N) is 3. The monoisotopic (exact) mass is 301 g/mol. The van der Waals surface area contributed by atoms with Crippen LogP contribution in [-0.4, -0.2) is 27.5 Å². The van der Waals surface area contributed by atoms with Gasteiger partial charge in [-0.1, -0.05) is 11.2 Å². The summed E-state index contributed by atoms with van der Waals surface area (Å²) in [6.45, 7) is 0.626. The third-order valence-electron chi connectivity index (χ3n) is 4.27. The van der Waals surface area contributed by atoms with Crippen LogP contribution in [0.25, 0.3) is 0 Å². The summed E-state index contributed by atoms with van der Waals surface area (Å²) in [5.74, 6) is 1.08. The van der Waals surface area contributed by atoms with Gasteiger partial charge in [0.1, 0.15) is 11.9 Å². The van der Waals surface area contributed by atoms with Crippen LogP contribution in [0.2, 0.25) is 0 Å². The van der Waals surface area contributed by atoms with Crippen molar-refractivity contribution in [2.24, 2.45) is 0 Å². The highest BCUT2D eigenvalue weighted by atomic mass is 19.1. The van der Waals surface area contributed by atoms with E-state index in [0.29, 0.717) is 23.9 Å². The molecule has 1 saturated carbocycles. The molecule has 0 spiro atoms. The number of halogens is 1. The van der Waals surface area contributed by atoms with Crippen molar-refractivity contribution >= 4 is 5.91 Å². The van der Waals surface area contributed by atoms with E-state index in [4.69, 9.17) is 4.52 Å². The number of likely N-dealkylation sites (tertiary alicyclic amines) is 1. The second-order valence-electron chi connectivity index (χ2n) is 5.93. The van der Waals surface area contributed by atoms with Crippen LogP contribution in [0.5, 0.6) is 0 Å². The van der Waals surface area contributed by atoms with Gasteiger partial charge < -0.3 is 9.42 Å². The van der Waals surface area contributed by atoms with E-state index in [2.05, 4.69) is 10.1 Å². The van der Waals surface area contributed by atoms with Gasteiger partial charge in [-0.05, 0) is 43.9 Å². The van der Waals surface area contributed by atoms with Gasteiger partial charge in [-0.3, -0.25) is 4.79 Å². The topological polar surface area (TPSA) is 59.2 Å². The zero-order valence-electron chi connectivity index (χ0n) is 12.0. The molecule has 114 valence electrons. The number of benzene rings is 1. The maximum atomic E-state index is 13.3. The first-order chi connectivity index (χ1) is 10.7. The fourth-order valence-electron chi connectivity index (χ4n) is 2.94. The third-order valence-corrected chi connectivity index (χ3v) is 4.27. The molecule has 1 aliphatic heterocycles. The highest BCUT2D eigenvalue weighted by molar-refractivity contribution is 5.94. The maximum absolute atomic E-state index is 13.3. The molecule has 1 saturated heterocycles. The Kier molecular flexibility index (Phi) is 3.17. The molecule has 1 aromatic heterocycles. The average molecular weight is 301 g/mol. The van der Waals surface area contributed by atoms with Gasteiger partial charge in [0, 0.05) is 18.0 Å². The maximum Gasteiger partial charge on any atom is 0.254 e. The summed E-state index contributed by atoms with van der Waals surface area (Å²) in [5, 5.41) is 4.02. The van der Waals surface area contributed by atoms with Gasteiger partial charge >= 0.3 is 0 Å². The van der Waals surface area contributed by atoms with Gasteiger partial charge in [0.2, 0.25) is 5.89 Å². The quantitative estimate of drug-likeness (QED) is 0.874. The number of carbonyl (C=O) groups excluding carboxylic acids is 1. The Hall–Kier alpha value is -2.24. The summed E-state index contributed by atoms with van der Waals surface area (Å²) < 4.78 is 18.7. The van der Waals surface area contributed by atoms with E-state index in [1.165, 1.54) is 12.1 Å². The molecule has 22 heavy (non-hydrogen) atoms. The minimum atomic E-state index is -0.407. The highest BCUT2D eigenvalue weighted by Gasteiger charge is 2.36. The van der Waals surface area contributed by atoms with Crippen LogP contribution in [0.15, 0.2) is 28.8 Å². The smallest absolute Gasteiger partial charge is 0.254 e. The lowest BCUT2D eigenvalue weighted by Crippen LogP contribution is -2.30. The Balaban J connectivity index is 1.58. The van der Waals surface area contributed by atoms with Crippen LogP contribution in [-0.2, 0) is 0 Å². The molecule has 4 rings (SSSR count). The van der Waals surface area contributed by atoms with E-state index in [9.17, 15) is 9.18 Å². The Morgan fingerprint density at radius 2 is 2.18 bits per heavy atom. The van der Waals surface area contributed by atoms with Crippen LogP contribution in [0.4, 0.5) is 4.39 Å². The zero-order chi connectivity index (χ0) is 15.1.